The number of hydrogen-bond acceptors (Lipinski definition) is 7. The van der Waals surface area contributed by atoms with Gasteiger partial charge in [-0.15, -0.1) is 5.10 Å². The molecule has 1 aliphatic rings. The lowest BCUT2D eigenvalue weighted by Gasteiger charge is -2.37. The lowest BCUT2D eigenvalue weighted by molar-refractivity contribution is -0.262. The van der Waals surface area contributed by atoms with E-state index in [4.69, 9.17) is 32.7 Å². The molecule has 2 N–H and O–H groups in total. The molecule has 11 heteroatoms. The number of benzene rings is 1. The highest BCUT2D eigenvalue weighted by Crippen LogP contribution is 2.27. The zero-order chi connectivity index (χ0) is 24.1. The van der Waals surface area contributed by atoms with Crippen molar-refractivity contribution in [1.82, 2.24) is 20.3 Å². The van der Waals surface area contributed by atoms with Gasteiger partial charge < -0.3 is 14.8 Å². The molecule has 2 heterocycles. The average molecular weight is 498 g/mol. The van der Waals surface area contributed by atoms with E-state index in [0.717, 1.165) is 12.8 Å². The number of esters is 1. The summed E-state index contributed by atoms with van der Waals surface area (Å²) >= 11 is 12.0. The van der Waals surface area contributed by atoms with Gasteiger partial charge in [-0.25, -0.2) is 10.00 Å². The summed E-state index contributed by atoms with van der Waals surface area (Å²) in [6.45, 7) is 6.48. The summed E-state index contributed by atoms with van der Waals surface area (Å²) < 4.78 is 12.9. The molecular formula is C22H29Cl2N5O4. The van der Waals surface area contributed by atoms with Crippen molar-refractivity contribution in [2.24, 2.45) is 5.41 Å². The van der Waals surface area contributed by atoms with Crippen LogP contribution in [0.4, 0.5) is 5.69 Å². The van der Waals surface area contributed by atoms with Crippen molar-refractivity contribution in [3.8, 4) is 5.69 Å². The van der Waals surface area contributed by atoms with Crippen LogP contribution in [0.3, 0.4) is 0 Å². The summed E-state index contributed by atoms with van der Waals surface area (Å²) in [6.07, 6.45) is 4.61. The zero-order valence-electron chi connectivity index (χ0n) is 19.0. The van der Waals surface area contributed by atoms with Gasteiger partial charge in [0.2, 0.25) is 5.91 Å². The van der Waals surface area contributed by atoms with Crippen LogP contribution in [0, 0.1) is 5.41 Å². The summed E-state index contributed by atoms with van der Waals surface area (Å²) in [4.78, 5) is 25.2. The molecule has 1 unspecified atom stereocenters. The molecule has 180 valence electrons. The van der Waals surface area contributed by atoms with Crippen molar-refractivity contribution in [2.75, 3.05) is 18.5 Å². The van der Waals surface area contributed by atoms with Gasteiger partial charge in [0.15, 0.2) is 5.15 Å². The second-order valence-electron chi connectivity index (χ2n) is 9.14. The maximum atomic E-state index is 12.8. The molecule has 1 atom stereocenters. The Hall–Kier alpha value is -2.20. The van der Waals surface area contributed by atoms with Crippen LogP contribution in [0.5, 0.6) is 0 Å². The second-order valence-corrected chi connectivity index (χ2v) is 9.97. The van der Waals surface area contributed by atoms with Crippen molar-refractivity contribution < 1.29 is 19.1 Å². The van der Waals surface area contributed by atoms with E-state index in [1.165, 1.54) is 10.9 Å². The number of carbonyl (C=O) groups is 2. The first-order valence-corrected chi connectivity index (χ1v) is 11.6. The predicted octanol–water partition coefficient (Wildman–Crippen LogP) is 4.33. The summed E-state index contributed by atoms with van der Waals surface area (Å²) in [7, 11) is 0. The van der Waals surface area contributed by atoms with E-state index < -0.39 is 5.91 Å². The van der Waals surface area contributed by atoms with E-state index in [2.05, 4.69) is 41.7 Å². The van der Waals surface area contributed by atoms with Crippen LogP contribution in [0.15, 0.2) is 24.4 Å². The van der Waals surface area contributed by atoms with Crippen LogP contribution in [0.25, 0.3) is 5.69 Å². The Morgan fingerprint density at radius 2 is 2.06 bits per heavy atom. The minimum Gasteiger partial charge on any atom is -0.419 e. The lowest BCUT2D eigenvalue weighted by atomic mass is 9.91. The van der Waals surface area contributed by atoms with Crippen LogP contribution >= 0.6 is 23.2 Å². The van der Waals surface area contributed by atoms with Crippen LogP contribution in [0.2, 0.25) is 10.2 Å². The van der Waals surface area contributed by atoms with Gasteiger partial charge in [-0.3, -0.25) is 9.59 Å². The van der Waals surface area contributed by atoms with E-state index in [0.29, 0.717) is 35.8 Å². The molecule has 0 bridgehead atoms. The number of aromatic nitrogens is 3. The van der Waals surface area contributed by atoms with E-state index in [1.807, 2.05) is 0 Å². The maximum absolute atomic E-state index is 12.8. The average Bonchev–Trinajstić information content (AvgIpc) is 3.17. The smallest absolute Gasteiger partial charge is 0.309 e. The van der Waals surface area contributed by atoms with E-state index in [-0.39, 0.29) is 35.4 Å². The Balaban J connectivity index is 1.65. The number of halogens is 2. The molecule has 2 aromatic rings. The van der Waals surface area contributed by atoms with Gasteiger partial charge >= 0.3 is 5.97 Å². The fourth-order valence-corrected chi connectivity index (χ4v) is 3.61. The lowest BCUT2D eigenvalue weighted by Crippen LogP contribution is -2.55. The highest BCUT2D eigenvalue weighted by atomic mass is 35.5. The molecule has 9 nitrogen and oxygen atoms in total. The number of hydrogen-bond donors (Lipinski definition) is 2. The third-order valence-corrected chi connectivity index (χ3v) is 5.46. The Morgan fingerprint density at radius 1 is 1.27 bits per heavy atom. The first-order valence-electron chi connectivity index (χ1n) is 10.8. The molecule has 1 aromatic carbocycles. The number of amides is 1. The van der Waals surface area contributed by atoms with E-state index in [1.54, 1.807) is 18.2 Å². The van der Waals surface area contributed by atoms with E-state index >= 15 is 0 Å². The molecule has 0 aliphatic carbocycles. The normalized spacial score (nSPS) is 18.7. The highest BCUT2D eigenvalue weighted by molar-refractivity contribution is 6.31. The number of rotatable bonds is 8. The number of nitrogens with one attached hydrogen (secondary N) is 2. The Labute approximate surface area is 203 Å². The first-order chi connectivity index (χ1) is 15.6. The molecule has 3 rings (SSSR count). The molecule has 1 aliphatic heterocycles. The largest absolute Gasteiger partial charge is 0.419 e. The van der Waals surface area contributed by atoms with Gasteiger partial charge in [0, 0.05) is 17.9 Å². The summed E-state index contributed by atoms with van der Waals surface area (Å²) in [6, 6.07) is 4.96. The van der Waals surface area contributed by atoms with E-state index in [9.17, 15) is 9.59 Å². The number of nitrogens with zero attached hydrogens (tertiary/aromatic N) is 3. The summed E-state index contributed by atoms with van der Waals surface area (Å²) in [5.74, 6) is -2.05. The molecule has 0 radical (unpaired) electrons. The maximum Gasteiger partial charge on any atom is 0.309 e. The van der Waals surface area contributed by atoms with Crippen LogP contribution in [-0.2, 0) is 19.1 Å². The fourth-order valence-electron chi connectivity index (χ4n) is 3.32. The summed E-state index contributed by atoms with van der Waals surface area (Å²) in [5, 5.41) is 14.1. The quantitative estimate of drug-likeness (QED) is 0.412. The van der Waals surface area contributed by atoms with Crippen molar-refractivity contribution in [3.63, 3.8) is 0 Å². The number of ether oxygens (including phenoxy) is 2. The fraction of sp³-hybridized carbons (Fsp3) is 0.545. The minimum atomic E-state index is -1.32. The molecular weight excluding hydrogens is 469 g/mol. The highest BCUT2D eigenvalue weighted by Gasteiger charge is 2.38. The second kappa shape index (κ2) is 10.8. The molecule has 1 amide bonds. The van der Waals surface area contributed by atoms with Crippen LogP contribution in [-0.4, -0.2) is 45.9 Å². The van der Waals surface area contributed by atoms with Crippen molar-refractivity contribution in [1.29, 1.82) is 0 Å². The molecule has 0 spiro atoms. The molecule has 1 saturated heterocycles. The topological polar surface area (TPSA) is 107 Å². The van der Waals surface area contributed by atoms with Gasteiger partial charge in [0.05, 0.1) is 30.7 Å². The molecule has 1 fully saturated rings. The number of carbonyl (C=O) groups excluding carboxylic acids is 2. The van der Waals surface area contributed by atoms with Gasteiger partial charge in [-0.2, -0.15) is 0 Å². The number of anilines is 1. The predicted molar refractivity (Wildman–Crippen MR) is 125 cm³/mol. The summed E-state index contributed by atoms with van der Waals surface area (Å²) in [5.41, 5.74) is 0.983. The first kappa shape index (κ1) is 25.4. The third-order valence-electron chi connectivity index (χ3n) is 5.06. The third kappa shape index (κ3) is 7.67. The van der Waals surface area contributed by atoms with Gasteiger partial charge in [-0.05, 0) is 42.9 Å². The standard InChI is InChI=1S/C22H29Cl2N5O4/c1-21(2,3)10-8-20(31)33-22(9-4-5-11-32-22)25-13-19(30)26-16-12-15(23)6-7-17(16)29-14-18(24)27-28-29/h6-7,12,14,25H,4-5,8-11,13H2,1-3H3,(H,26,30). The Morgan fingerprint density at radius 3 is 2.70 bits per heavy atom. The van der Waals surface area contributed by atoms with Crippen LogP contribution in [0.1, 0.15) is 52.9 Å². The monoisotopic (exact) mass is 497 g/mol. The SMILES string of the molecule is CC(C)(C)CCC(=O)OC1(NCC(=O)Nc2cc(Cl)ccc2-n2cc(Cl)nn2)CCCCO1. The molecule has 0 saturated carbocycles. The van der Waals surface area contributed by atoms with Crippen LogP contribution < -0.4 is 10.6 Å². The Bertz CT molecular complexity index is 983. The Kier molecular flexibility index (Phi) is 8.33. The van der Waals surface area contributed by atoms with Gasteiger partial charge in [0.25, 0.3) is 5.91 Å². The van der Waals surface area contributed by atoms with Crippen molar-refractivity contribution >= 4 is 40.8 Å². The van der Waals surface area contributed by atoms with Crippen molar-refractivity contribution in [2.45, 2.75) is 58.8 Å². The zero-order valence-corrected chi connectivity index (χ0v) is 20.5. The van der Waals surface area contributed by atoms with Gasteiger partial charge in [0.1, 0.15) is 0 Å². The van der Waals surface area contributed by atoms with Gasteiger partial charge in [-0.1, -0.05) is 49.2 Å². The molecule has 1 aromatic heterocycles. The molecule has 33 heavy (non-hydrogen) atoms. The van der Waals surface area contributed by atoms with Crippen molar-refractivity contribution in [3.05, 3.63) is 34.6 Å². The minimum absolute atomic E-state index is 0.00983.